The van der Waals surface area contributed by atoms with Gasteiger partial charge in [-0.25, -0.2) is 0 Å². The molecular weight excluding hydrogens is 160 g/mol. The summed E-state index contributed by atoms with van der Waals surface area (Å²) in [5.41, 5.74) is 0. The summed E-state index contributed by atoms with van der Waals surface area (Å²) in [6, 6.07) is 0. The molecule has 0 aromatic rings. The average Bonchev–Trinajstić information content (AvgIpc) is 2.58. The molecule has 0 aromatic carbocycles. The van der Waals surface area contributed by atoms with E-state index in [4.69, 9.17) is 9.47 Å². The molecule has 0 unspecified atom stereocenters. The van der Waals surface area contributed by atoms with Crippen molar-refractivity contribution in [3.05, 3.63) is 11.5 Å². The van der Waals surface area contributed by atoms with Crippen LogP contribution in [0.15, 0.2) is 11.5 Å². The van der Waals surface area contributed by atoms with Gasteiger partial charge in [0.1, 0.15) is 11.5 Å². The van der Waals surface area contributed by atoms with Crippen LogP contribution in [0.3, 0.4) is 0 Å². The summed E-state index contributed by atoms with van der Waals surface area (Å²) >= 11 is 0. The average molecular weight is 168 g/mol. The van der Waals surface area contributed by atoms with Crippen molar-refractivity contribution < 1.29 is 19.1 Å². The summed E-state index contributed by atoms with van der Waals surface area (Å²) < 4.78 is 9.71. The lowest BCUT2D eigenvalue weighted by Crippen LogP contribution is -1.94. The maximum Gasteiger partial charge on any atom is 0.311 e. The molecule has 0 atom stereocenters. The summed E-state index contributed by atoms with van der Waals surface area (Å²) in [6.45, 7) is 0. The standard InChI is InChI=1S/C8H8O4/c9-7-3-1-5(11-7)6-2-4-8(10)12-6/h1-4H2/b6-5-. The second-order valence-electron chi connectivity index (χ2n) is 2.79. The highest BCUT2D eigenvalue weighted by Crippen LogP contribution is 2.28. The molecule has 0 radical (unpaired) electrons. The largest absolute Gasteiger partial charge is 0.427 e. The number of allylic oxidation sites excluding steroid dienone is 2. The van der Waals surface area contributed by atoms with E-state index in [0.717, 1.165) is 0 Å². The molecule has 0 spiro atoms. The third kappa shape index (κ3) is 1.20. The molecule has 2 aliphatic rings. The van der Waals surface area contributed by atoms with Crippen LogP contribution in [-0.4, -0.2) is 11.9 Å². The molecule has 2 rings (SSSR count). The van der Waals surface area contributed by atoms with E-state index in [1.165, 1.54) is 0 Å². The Morgan fingerprint density at radius 3 is 1.42 bits per heavy atom. The third-order valence-electron chi connectivity index (χ3n) is 1.90. The number of ether oxygens (including phenoxy) is 2. The van der Waals surface area contributed by atoms with Crippen molar-refractivity contribution in [3.8, 4) is 0 Å². The minimum atomic E-state index is -0.236. The SMILES string of the molecule is O=C1CC/C(=C2\CCC(=O)O2)O1. The van der Waals surface area contributed by atoms with Gasteiger partial charge in [-0.3, -0.25) is 9.59 Å². The molecule has 0 bridgehead atoms. The molecule has 0 aromatic heterocycles. The Morgan fingerprint density at radius 2 is 1.17 bits per heavy atom. The fourth-order valence-corrected chi connectivity index (χ4v) is 1.30. The first-order valence-electron chi connectivity index (χ1n) is 3.89. The van der Waals surface area contributed by atoms with E-state index < -0.39 is 0 Å². The van der Waals surface area contributed by atoms with E-state index in [9.17, 15) is 9.59 Å². The molecular formula is C8H8O4. The van der Waals surface area contributed by atoms with Crippen LogP contribution in [0.2, 0.25) is 0 Å². The zero-order valence-electron chi connectivity index (χ0n) is 6.46. The van der Waals surface area contributed by atoms with Gasteiger partial charge in [0.25, 0.3) is 0 Å². The van der Waals surface area contributed by atoms with Crippen molar-refractivity contribution in [2.45, 2.75) is 25.7 Å². The van der Waals surface area contributed by atoms with Gasteiger partial charge in [0.05, 0.1) is 12.8 Å². The van der Waals surface area contributed by atoms with E-state index in [0.29, 0.717) is 37.2 Å². The zero-order chi connectivity index (χ0) is 8.55. The van der Waals surface area contributed by atoms with E-state index >= 15 is 0 Å². The summed E-state index contributed by atoms with van der Waals surface area (Å²) in [5, 5.41) is 0. The van der Waals surface area contributed by atoms with Crippen molar-refractivity contribution in [2.24, 2.45) is 0 Å². The van der Waals surface area contributed by atoms with Crippen molar-refractivity contribution in [1.82, 2.24) is 0 Å². The van der Waals surface area contributed by atoms with E-state index in [1.54, 1.807) is 0 Å². The van der Waals surface area contributed by atoms with Crippen LogP contribution in [0.1, 0.15) is 25.7 Å². The van der Waals surface area contributed by atoms with Crippen LogP contribution in [0.25, 0.3) is 0 Å². The van der Waals surface area contributed by atoms with Crippen LogP contribution >= 0.6 is 0 Å². The Kier molecular flexibility index (Phi) is 1.60. The van der Waals surface area contributed by atoms with Crippen molar-refractivity contribution in [3.63, 3.8) is 0 Å². The Labute approximate surface area is 69.1 Å². The van der Waals surface area contributed by atoms with Crippen LogP contribution in [0.5, 0.6) is 0 Å². The molecule has 0 aliphatic carbocycles. The Morgan fingerprint density at radius 1 is 0.750 bits per heavy atom. The zero-order valence-corrected chi connectivity index (χ0v) is 6.46. The molecule has 2 heterocycles. The number of carbonyl (C=O) groups is 2. The summed E-state index contributed by atoms with van der Waals surface area (Å²) in [7, 11) is 0. The Bertz CT molecular complexity index is 249. The van der Waals surface area contributed by atoms with Gasteiger partial charge >= 0.3 is 11.9 Å². The molecule has 2 saturated heterocycles. The Balaban J connectivity index is 2.16. The van der Waals surface area contributed by atoms with Gasteiger partial charge in [-0.15, -0.1) is 0 Å². The van der Waals surface area contributed by atoms with E-state index in [1.807, 2.05) is 0 Å². The summed E-state index contributed by atoms with van der Waals surface area (Å²) in [4.78, 5) is 21.4. The fourth-order valence-electron chi connectivity index (χ4n) is 1.30. The summed E-state index contributed by atoms with van der Waals surface area (Å²) in [6.07, 6.45) is 1.94. The number of carbonyl (C=O) groups excluding carboxylic acids is 2. The van der Waals surface area contributed by atoms with Gasteiger partial charge in [-0.1, -0.05) is 0 Å². The molecule has 64 valence electrons. The molecule has 0 saturated carbocycles. The van der Waals surface area contributed by atoms with Crippen molar-refractivity contribution in [1.29, 1.82) is 0 Å². The highest BCUT2D eigenvalue weighted by Gasteiger charge is 2.27. The molecule has 0 amide bonds. The second-order valence-corrected chi connectivity index (χ2v) is 2.79. The Hall–Kier alpha value is -1.32. The number of cyclic esters (lactones) is 2. The minimum absolute atomic E-state index is 0.236. The topological polar surface area (TPSA) is 52.6 Å². The normalized spacial score (nSPS) is 29.0. The number of hydrogen-bond donors (Lipinski definition) is 0. The monoisotopic (exact) mass is 168 g/mol. The summed E-state index contributed by atoms with van der Waals surface area (Å²) in [5.74, 6) is 0.623. The van der Waals surface area contributed by atoms with Crippen LogP contribution in [-0.2, 0) is 19.1 Å². The third-order valence-corrected chi connectivity index (χ3v) is 1.90. The number of esters is 2. The van der Waals surface area contributed by atoms with Gasteiger partial charge in [0.2, 0.25) is 0 Å². The quantitative estimate of drug-likeness (QED) is 0.503. The predicted octanol–water partition coefficient (Wildman–Crippen LogP) is 0.872. The molecule has 0 N–H and O–H groups in total. The maximum atomic E-state index is 10.7. The fraction of sp³-hybridized carbons (Fsp3) is 0.500. The maximum absolute atomic E-state index is 10.7. The second kappa shape index (κ2) is 2.62. The lowest BCUT2D eigenvalue weighted by atomic mass is 10.2. The van der Waals surface area contributed by atoms with Crippen LogP contribution in [0.4, 0.5) is 0 Å². The first-order valence-corrected chi connectivity index (χ1v) is 3.89. The number of rotatable bonds is 0. The molecule has 4 nitrogen and oxygen atoms in total. The van der Waals surface area contributed by atoms with Crippen molar-refractivity contribution in [2.75, 3.05) is 0 Å². The first kappa shape index (κ1) is 7.34. The van der Waals surface area contributed by atoms with Gasteiger partial charge in [0, 0.05) is 12.8 Å². The highest BCUT2D eigenvalue weighted by molar-refractivity contribution is 5.76. The molecule has 2 aliphatic heterocycles. The number of hydrogen-bond acceptors (Lipinski definition) is 4. The molecule has 2 fully saturated rings. The molecule has 4 heteroatoms. The smallest absolute Gasteiger partial charge is 0.311 e. The van der Waals surface area contributed by atoms with Crippen LogP contribution in [0, 0.1) is 0 Å². The van der Waals surface area contributed by atoms with Crippen molar-refractivity contribution >= 4 is 11.9 Å². The molecule has 12 heavy (non-hydrogen) atoms. The van der Waals surface area contributed by atoms with Gasteiger partial charge in [0.15, 0.2) is 0 Å². The van der Waals surface area contributed by atoms with Gasteiger partial charge in [-0.2, -0.15) is 0 Å². The minimum Gasteiger partial charge on any atom is -0.427 e. The van der Waals surface area contributed by atoms with E-state index in [2.05, 4.69) is 0 Å². The lowest BCUT2D eigenvalue weighted by molar-refractivity contribution is -0.138. The van der Waals surface area contributed by atoms with Gasteiger partial charge in [-0.05, 0) is 0 Å². The highest BCUT2D eigenvalue weighted by atomic mass is 16.6. The van der Waals surface area contributed by atoms with Crippen LogP contribution < -0.4 is 0 Å². The predicted molar refractivity (Wildman–Crippen MR) is 37.7 cm³/mol. The van der Waals surface area contributed by atoms with E-state index in [-0.39, 0.29) is 11.9 Å². The first-order chi connectivity index (χ1) is 5.75. The lowest BCUT2D eigenvalue weighted by Gasteiger charge is -1.99. The van der Waals surface area contributed by atoms with Gasteiger partial charge < -0.3 is 9.47 Å².